The summed E-state index contributed by atoms with van der Waals surface area (Å²) in [6, 6.07) is 3.17. The van der Waals surface area contributed by atoms with Gasteiger partial charge < -0.3 is 4.98 Å². The molecule has 1 N–H and O–H groups in total. The Bertz CT molecular complexity index is 415. The van der Waals surface area contributed by atoms with Gasteiger partial charge in [-0.3, -0.25) is 4.79 Å². The molecular formula is C9H9ClN2O. The van der Waals surface area contributed by atoms with Crippen LogP contribution in [0.2, 0.25) is 5.02 Å². The van der Waals surface area contributed by atoms with Gasteiger partial charge in [0.2, 0.25) is 0 Å². The second-order valence-electron chi connectivity index (χ2n) is 3.04. The Morgan fingerprint density at radius 2 is 2.23 bits per heavy atom. The molecule has 0 aromatic carbocycles. The van der Waals surface area contributed by atoms with Gasteiger partial charge in [-0.25, -0.2) is 0 Å². The molecule has 0 radical (unpaired) electrons. The quantitative estimate of drug-likeness (QED) is 0.747. The summed E-state index contributed by atoms with van der Waals surface area (Å²) in [5.41, 5.74) is 0.343. The average molecular weight is 197 g/mol. The van der Waals surface area contributed by atoms with Crippen molar-refractivity contribution >= 4 is 11.6 Å². The normalized spacial score (nSPS) is 10.1. The summed E-state index contributed by atoms with van der Waals surface area (Å²) in [4.78, 5) is 13.8. The highest BCUT2D eigenvalue weighted by Crippen LogP contribution is 2.20. The molecule has 0 unspecified atom stereocenters. The fraction of sp³-hybridized carbons (Fsp3) is 0.333. The molecule has 0 aliphatic rings. The van der Waals surface area contributed by atoms with Gasteiger partial charge in [-0.1, -0.05) is 25.4 Å². The summed E-state index contributed by atoms with van der Waals surface area (Å²) < 4.78 is 0. The number of nitriles is 1. The van der Waals surface area contributed by atoms with E-state index in [2.05, 4.69) is 4.98 Å². The van der Waals surface area contributed by atoms with Crippen molar-refractivity contribution in [3.8, 4) is 6.07 Å². The highest BCUT2D eigenvalue weighted by molar-refractivity contribution is 6.31. The van der Waals surface area contributed by atoms with Crippen LogP contribution in [0.5, 0.6) is 0 Å². The first-order valence-corrected chi connectivity index (χ1v) is 4.27. The van der Waals surface area contributed by atoms with E-state index < -0.39 is 0 Å². The van der Waals surface area contributed by atoms with E-state index in [4.69, 9.17) is 16.9 Å². The molecule has 0 fully saturated rings. The van der Waals surface area contributed by atoms with Gasteiger partial charge in [0.1, 0.15) is 11.6 Å². The minimum Gasteiger partial charge on any atom is -0.323 e. The molecule has 0 aliphatic heterocycles. The monoisotopic (exact) mass is 196 g/mol. The van der Waals surface area contributed by atoms with Crippen molar-refractivity contribution in [1.29, 1.82) is 5.26 Å². The van der Waals surface area contributed by atoms with E-state index in [0.29, 0.717) is 10.7 Å². The molecule has 1 heterocycles. The molecule has 0 amide bonds. The highest BCUT2D eigenvalue weighted by atomic mass is 35.5. The van der Waals surface area contributed by atoms with Crippen LogP contribution >= 0.6 is 11.6 Å². The fourth-order valence-corrected chi connectivity index (χ4v) is 1.40. The first kappa shape index (κ1) is 9.82. The van der Waals surface area contributed by atoms with Crippen LogP contribution in [0.1, 0.15) is 31.0 Å². The number of pyridine rings is 1. The van der Waals surface area contributed by atoms with Crippen LogP contribution in [0.3, 0.4) is 0 Å². The van der Waals surface area contributed by atoms with Gasteiger partial charge in [0.15, 0.2) is 0 Å². The third-order valence-corrected chi connectivity index (χ3v) is 2.03. The molecule has 1 rings (SSSR count). The van der Waals surface area contributed by atoms with Crippen LogP contribution in [0.4, 0.5) is 0 Å². The Kier molecular flexibility index (Phi) is 2.74. The van der Waals surface area contributed by atoms with Gasteiger partial charge >= 0.3 is 0 Å². The van der Waals surface area contributed by atoms with Crippen LogP contribution in [-0.2, 0) is 0 Å². The summed E-state index contributed by atoms with van der Waals surface area (Å²) in [7, 11) is 0. The number of nitrogens with one attached hydrogen (secondary N) is 1. The number of hydrogen-bond acceptors (Lipinski definition) is 2. The van der Waals surface area contributed by atoms with Gasteiger partial charge in [0, 0.05) is 5.69 Å². The van der Waals surface area contributed by atoms with Crippen molar-refractivity contribution in [2.24, 2.45) is 0 Å². The third-order valence-electron chi connectivity index (χ3n) is 1.72. The van der Waals surface area contributed by atoms with Crippen molar-refractivity contribution in [2.75, 3.05) is 0 Å². The largest absolute Gasteiger partial charge is 0.323 e. The third kappa shape index (κ3) is 1.90. The van der Waals surface area contributed by atoms with E-state index >= 15 is 0 Å². The summed E-state index contributed by atoms with van der Waals surface area (Å²) in [6.07, 6.45) is 0. The lowest BCUT2D eigenvalue weighted by Crippen LogP contribution is -2.13. The summed E-state index contributed by atoms with van der Waals surface area (Å²) in [5, 5.41) is 8.98. The number of H-pyrrole nitrogens is 1. The fourth-order valence-electron chi connectivity index (χ4n) is 1.02. The second kappa shape index (κ2) is 3.63. The molecule has 0 bridgehead atoms. The van der Waals surface area contributed by atoms with Gasteiger partial charge in [0.05, 0.1) is 5.02 Å². The minimum atomic E-state index is -0.379. The van der Waals surface area contributed by atoms with Gasteiger partial charge in [-0.05, 0) is 12.0 Å². The number of aromatic amines is 1. The Labute approximate surface area is 81.0 Å². The van der Waals surface area contributed by atoms with Crippen molar-refractivity contribution < 1.29 is 0 Å². The van der Waals surface area contributed by atoms with E-state index in [0.717, 1.165) is 0 Å². The van der Waals surface area contributed by atoms with Crippen LogP contribution in [-0.4, -0.2) is 4.98 Å². The minimum absolute atomic E-state index is 0.0504. The maximum atomic E-state index is 11.2. The molecule has 0 saturated carbocycles. The zero-order valence-corrected chi connectivity index (χ0v) is 8.14. The van der Waals surface area contributed by atoms with Gasteiger partial charge in [0.25, 0.3) is 5.56 Å². The van der Waals surface area contributed by atoms with Crippen molar-refractivity contribution in [1.82, 2.24) is 4.98 Å². The van der Waals surface area contributed by atoms with Gasteiger partial charge in [-0.2, -0.15) is 5.26 Å². The Hall–Kier alpha value is -1.27. The smallest absolute Gasteiger partial charge is 0.266 e. The van der Waals surface area contributed by atoms with Crippen molar-refractivity contribution in [3.63, 3.8) is 0 Å². The molecule has 1 aromatic rings. The van der Waals surface area contributed by atoms with Crippen molar-refractivity contribution in [3.05, 3.63) is 32.7 Å². The number of rotatable bonds is 1. The highest BCUT2D eigenvalue weighted by Gasteiger charge is 2.08. The van der Waals surface area contributed by atoms with Crippen LogP contribution in [0.15, 0.2) is 10.9 Å². The summed E-state index contributed by atoms with van der Waals surface area (Å²) in [6.45, 7) is 3.84. The molecular weight excluding hydrogens is 188 g/mol. The summed E-state index contributed by atoms with van der Waals surface area (Å²) >= 11 is 5.85. The first-order chi connectivity index (χ1) is 6.06. The predicted octanol–water partition coefficient (Wildman–Crippen LogP) is 2.02. The average Bonchev–Trinajstić information content (AvgIpc) is 2.07. The Morgan fingerprint density at radius 3 is 2.69 bits per heavy atom. The molecule has 68 valence electrons. The lowest BCUT2D eigenvalue weighted by molar-refractivity contribution is 0.815. The van der Waals surface area contributed by atoms with Gasteiger partial charge in [-0.15, -0.1) is 0 Å². The first-order valence-electron chi connectivity index (χ1n) is 3.89. The number of nitrogens with zero attached hydrogens (tertiary/aromatic N) is 1. The number of halogens is 1. The molecule has 3 nitrogen and oxygen atoms in total. The zero-order valence-electron chi connectivity index (χ0n) is 7.39. The van der Waals surface area contributed by atoms with Crippen LogP contribution in [0, 0.1) is 11.3 Å². The predicted molar refractivity (Wildman–Crippen MR) is 50.9 cm³/mol. The Balaban J connectivity index is 3.40. The molecule has 4 heteroatoms. The molecule has 0 atom stereocenters. The molecule has 0 aliphatic carbocycles. The second-order valence-corrected chi connectivity index (χ2v) is 3.45. The lowest BCUT2D eigenvalue weighted by atomic mass is 10.1. The number of hydrogen-bond donors (Lipinski definition) is 1. The molecule has 1 aromatic heterocycles. The lowest BCUT2D eigenvalue weighted by Gasteiger charge is -2.06. The van der Waals surface area contributed by atoms with Crippen LogP contribution < -0.4 is 5.56 Å². The zero-order chi connectivity index (χ0) is 10.0. The molecule has 0 spiro atoms. The molecule has 13 heavy (non-hydrogen) atoms. The van der Waals surface area contributed by atoms with E-state index in [1.54, 1.807) is 6.07 Å². The van der Waals surface area contributed by atoms with Crippen molar-refractivity contribution in [2.45, 2.75) is 19.8 Å². The van der Waals surface area contributed by atoms with E-state index in [1.165, 1.54) is 6.07 Å². The number of aromatic nitrogens is 1. The van der Waals surface area contributed by atoms with E-state index in [9.17, 15) is 4.79 Å². The summed E-state index contributed by atoms with van der Waals surface area (Å²) in [5.74, 6) is 0.146. The standard InChI is InChI=1S/C9H9ClN2O/c1-5(2)8-7(10)3-6(4-11)9(13)12-8/h3,5H,1-2H3,(H,12,13). The maximum absolute atomic E-state index is 11.2. The van der Waals surface area contributed by atoms with E-state index in [1.807, 2.05) is 13.8 Å². The Morgan fingerprint density at radius 1 is 1.62 bits per heavy atom. The maximum Gasteiger partial charge on any atom is 0.266 e. The van der Waals surface area contributed by atoms with Crippen LogP contribution in [0.25, 0.3) is 0 Å². The van der Waals surface area contributed by atoms with E-state index in [-0.39, 0.29) is 17.0 Å². The topological polar surface area (TPSA) is 56.6 Å². The molecule has 0 saturated heterocycles. The SMILES string of the molecule is CC(C)c1[nH]c(=O)c(C#N)cc1Cl.